The Balaban J connectivity index is 2.52. The largest absolute Gasteiger partial charge is 0.509 e. The minimum Gasteiger partial charge on any atom is -0.509 e. The topological polar surface area (TPSA) is 37.7 Å². The fourth-order valence-corrected chi connectivity index (χ4v) is 1.23. The summed E-state index contributed by atoms with van der Waals surface area (Å²) < 4.78 is 5.14. The van der Waals surface area contributed by atoms with E-state index in [0.29, 0.717) is 17.0 Å². The van der Waals surface area contributed by atoms with Gasteiger partial charge >= 0.3 is 0 Å². The first-order valence-electron chi connectivity index (χ1n) is 4.05. The maximum atomic E-state index is 9.59. The third-order valence-corrected chi connectivity index (χ3v) is 1.90. The molecule has 0 saturated carbocycles. The molecule has 0 aliphatic heterocycles. The number of aromatic hydroxyl groups is 1. The van der Waals surface area contributed by atoms with Crippen molar-refractivity contribution in [1.29, 1.82) is 0 Å². The van der Waals surface area contributed by atoms with E-state index >= 15 is 0 Å². The summed E-state index contributed by atoms with van der Waals surface area (Å²) >= 11 is 0. The van der Waals surface area contributed by atoms with Gasteiger partial charge in [-0.1, -0.05) is 12.1 Å². The Morgan fingerprint density at radius 2 is 2.14 bits per heavy atom. The van der Waals surface area contributed by atoms with Gasteiger partial charge in [0.1, 0.15) is 11.5 Å². The molecule has 0 saturated heterocycles. The summed E-state index contributed by atoms with van der Waals surface area (Å²) in [5, 5.41) is 9.59. The van der Waals surface area contributed by atoms with Crippen LogP contribution in [0.5, 0.6) is 5.75 Å². The van der Waals surface area contributed by atoms with Crippen molar-refractivity contribution in [1.82, 2.24) is 0 Å². The molecule has 3 nitrogen and oxygen atoms in total. The quantitative estimate of drug-likeness (QED) is 0.692. The van der Waals surface area contributed by atoms with Gasteiger partial charge in [0.2, 0.25) is 0 Å². The molecule has 1 aromatic carbocycles. The summed E-state index contributed by atoms with van der Waals surface area (Å²) in [4.78, 5) is 3.21. The molecule has 0 bridgehead atoms. The Kier molecular flexibility index (Phi) is 1.96. The van der Waals surface area contributed by atoms with Gasteiger partial charge in [0.05, 0.1) is 18.4 Å². The zero-order valence-electron chi connectivity index (χ0n) is 7.27. The molecule has 68 valence electrons. The molecule has 0 aliphatic carbocycles. The lowest BCUT2D eigenvalue weighted by Crippen LogP contribution is -1.74. The van der Waals surface area contributed by atoms with Crippen molar-refractivity contribution in [3.05, 3.63) is 48.0 Å². The lowest BCUT2D eigenvalue weighted by atomic mass is 10.1. The van der Waals surface area contributed by atoms with Crippen LogP contribution in [0.3, 0.4) is 0 Å². The number of phenolic OH excluding ortho intramolecular Hbond substituents is 1. The zero-order chi connectivity index (χ0) is 9.97. The second kappa shape index (κ2) is 3.27. The van der Waals surface area contributed by atoms with Crippen LogP contribution in [0, 0.1) is 6.57 Å². The van der Waals surface area contributed by atoms with Crippen LogP contribution in [0.1, 0.15) is 0 Å². The summed E-state index contributed by atoms with van der Waals surface area (Å²) in [6, 6.07) is 8.24. The first kappa shape index (κ1) is 8.39. The Morgan fingerprint density at radius 3 is 2.71 bits per heavy atom. The highest BCUT2D eigenvalue weighted by Gasteiger charge is 2.06. The van der Waals surface area contributed by atoms with Crippen LogP contribution < -0.4 is 0 Å². The van der Waals surface area contributed by atoms with Gasteiger partial charge in [-0.05, 0) is 18.2 Å². The maximum absolute atomic E-state index is 9.59. The predicted octanol–water partition coefficient (Wildman–Crippen LogP) is 3.20. The van der Waals surface area contributed by atoms with Crippen molar-refractivity contribution >= 4 is 5.69 Å². The van der Waals surface area contributed by atoms with Crippen LogP contribution in [0.15, 0.2) is 41.0 Å². The number of hydrogen-bond donors (Lipinski definition) is 1. The van der Waals surface area contributed by atoms with E-state index in [1.54, 1.807) is 24.3 Å². The van der Waals surface area contributed by atoms with Gasteiger partial charge in [-0.15, -0.1) is 0 Å². The summed E-state index contributed by atoms with van der Waals surface area (Å²) in [6.45, 7) is 6.78. The smallest absolute Gasteiger partial charge is 0.190 e. The lowest BCUT2D eigenvalue weighted by molar-refractivity contribution is 0.474. The second-order valence-corrected chi connectivity index (χ2v) is 2.79. The normalized spacial score (nSPS) is 9.64. The van der Waals surface area contributed by atoms with Crippen LogP contribution in [-0.2, 0) is 0 Å². The molecule has 0 atom stereocenters. The fraction of sp³-hybridized carbons (Fsp3) is 0. The highest BCUT2D eigenvalue weighted by Crippen LogP contribution is 2.32. The van der Waals surface area contributed by atoms with E-state index in [1.165, 1.54) is 12.3 Å². The standard InChI is InChI=1S/C11H7NO2/c1-12-8-4-5-9(10(13)7-8)11-3-2-6-14-11/h2-7,13H. The van der Waals surface area contributed by atoms with E-state index in [9.17, 15) is 5.11 Å². The highest BCUT2D eigenvalue weighted by atomic mass is 16.3. The number of benzene rings is 1. The number of furan rings is 1. The summed E-state index contributed by atoms with van der Waals surface area (Å²) in [5.41, 5.74) is 1.01. The van der Waals surface area contributed by atoms with Crippen LogP contribution in [0.25, 0.3) is 16.2 Å². The molecule has 1 heterocycles. The van der Waals surface area contributed by atoms with Gasteiger partial charge in [0.15, 0.2) is 5.69 Å². The van der Waals surface area contributed by atoms with Crippen molar-refractivity contribution in [3.8, 4) is 17.1 Å². The highest BCUT2D eigenvalue weighted by molar-refractivity contribution is 5.69. The van der Waals surface area contributed by atoms with Crippen molar-refractivity contribution in [3.63, 3.8) is 0 Å². The molecule has 1 N–H and O–H groups in total. The molecule has 3 heteroatoms. The number of nitrogens with zero attached hydrogens (tertiary/aromatic N) is 1. The molecule has 0 aliphatic rings. The molecule has 0 fully saturated rings. The minimum absolute atomic E-state index is 0.0634. The average molecular weight is 185 g/mol. The van der Waals surface area contributed by atoms with Gasteiger partial charge < -0.3 is 9.52 Å². The van der Waals surface area contributed by atoms with Crippen molar-refractivity contribution < 1.29 is 9.52 Å². The zero-order valence-corrected chi connectivity index (χ0v) is 7.27. The summed E-state index contributed by atoms with van der Waals surface area (Å²) in [5.74, 6) is 0.660. The predicted molar refractivity (Wildman–Crippen MR) is 52.1 cm³/mol. The molecular weight excluding hydrogens is 178 g/mol. The van der Waals surface area contributed by atoms with Crippen LogP contribution in [-0.4, -0.2) is 5.11 Å². The van der Waals surface area contributed by atoms with Crippen molar-refractivity contribution in [2.45, 2.75) is 0 Å². The van der Waals surface area contributed by atoms with Gasteiger partial charge in [-0.3, -0.25) is 0 Å². The Hall–Kier alpha value is -2.21. The molecule has 0 unspecified atom stereocenters. The van der Waals surface area contributed by atoms with Gasteiger partial charge in [-0.2, -0.15) is 0 Å². The Labute approximate surface area is 81.0 Å². The van der Waals surface area contributed by atoms with Crippen LogP contribution in [0.2, 0.25) is 0 Å². The van der Waals surface area contributed by atoms with Gasteiger partial charge in [0, 0.05) is 0 Å². The van der Waals surface area contributed by atoms with Crippen LogP contribution in [0.4, 0.5) is 5.69 Å². The van der Waals surface area contributed by atoms with E-state index in [-0.39, 0.29) is 5.75 Å². The average Bonchev–Trinajstić information content (AvgIpc) is 2.70. The van der Waals surface area contributed by atoms with E-state index in [1.807, 2.05) is 0 Å². The minimum atomic E-state index is 0.0634. The van der Waals surface area contributed by atoms with E-state index < -0.39 is 0 Å². The molecule has 2 rings (SSSR count). The van der Waals surface area contributed by atoms with Crippen molar-refractivity contribution in [2.75, 3.05) is 0 Å². The Morgan fingerprint density at radius 1 is 1.29 bits per heavy atom. The third kappa shape index (κ3) is 1.34. The molecule has 0 radical (unpaired) electrons. The van der Waals surface area contributed by atoms with Gasteiger partial charge in [-0.25, -0.2) is 4.85 Å². The van der Waals surface area contributed by atoms with Crippen molar-refractivity contribution in [2.24, 2.45) is 0 Å². The Bertz CT molecular complexity index is 480. The molecule has 0 amide bonds. The summed E-state index contributed by atoms with van der Waals surface area (Å²) in [6.07, 6.45) is 1.54. The number of hydrogen-bond acceptors (Lipinski definition) is 2. The summed E-state index contributed by atoms with van der Waals surface area (Å²) in [7, 11) is 0. The van der Waals surface area contributed by atoms with E-state index in [0.717, 1.165) is 0 Å². The van der Waals surface area contributed by atoms with Crippen LogP contribution >= 0.6 is 0 Å². The fourth-order valence-electron chi connectivity index (χ4n) is 1.23. The van der Waals surface area contributed by atoms with E-state index in [2.05, 4.69) is 4.85 Å². The molecule has 0 spiro atoms. The lowest BCUT2D eigenvalue weighted by Gasteiger charge is -2.00. The number of rotatable bonds is 1. The second-order valence-electron chi connectivity index (χ2n) is 2.79. The maximum Gasteiger partial charge on any atom is 0.190 e. The molecule has 2 aromatic rings. The monoisotopic (exact) mass is 185 g/mol. The third-order valence-electron chi connectivity index (χ3n) is 1.90. The SMILES string of the molecule is [C-]#[N+]c1ccc(-c2ccco2)c(O)c1. The molecular formula is C11H7NO2. The first-order chi connectivity index (χ1) is 6.81. The van der Waals surface area contributed by atoms with Gasteiger partial charge in [0.25, 0.3) is 0 Å². The molecule has 14 heavy (non-hydrogen) atoms. The first-order valence-corrected chi connectivity index (χ1v) is 4.05. The number of phenols is 1. The van der Waals surface area contributed by atoms with E-state index in [4.69, 9.17) is 11.0 Å². The molecule has 1 aromatic heterocycles.